The summed E-state index contributed by atoms with van der Waals surface area (Å²) >= 11 is 5.99. The fourth-order valence-corrected chi connectivity index (χ4v) is 4.60. The van der Waals surface area contributed by atoms with Crippen molar-refractivity contribution < 1.29 is 14.6 Å². The highest BCUT2D eigenvalue weighted by Crippen LogP contribution is 2.35. The average Bonchev–Trinajstić information content (AvgIpc) is 3.76. The molecule has 1 aliphatic carbocycles. The highest BCUT2D eigenvalue weighted by molar-refractivity contribution is 6.31. The minimum Gasteiger partial charge on any atom is -0.508 e. The summed E-state index contributed by atoms with van der Waals surface area (Å²) in [6.45, 7) is 3.83. The van der Waals surface area contributed by atoms with Gasteiger partial charge in [0.25, 0.3) is 0 Å². The predicted octanol–water partition coefficient (Wildman–Crippen LogP) is 5.96. The van der Waals surface area contributed by atoms with Gasteiger partial charge in [-0.15, -0.1) is 0 Å². The van der Waals surface area contributed by atoms with Crippen molar-refractivity contribution in [2.24, 2.45) is 10.9 Å². The Morgan fingerprint density at radius 1 is 1.12 bits per heavy atom. The number of anilines is 1. The number of halogens is 1. The standard InChI is InChI=1S/C18H17ClN4O.C13H17NO2/c1-11(20)23-16-8-7-14(24-2)9-15(16)18(22-10-17(23)21)12-3-5-13(19)6-4-12;1-9(15)14-8-11-4-5-12(13(16)7-11)6-10-2-3-10/h3-9,20-21H,10H2,1-2H3;4-5,7,10,16H,2-3,6,8H2,1H3,(H,14,15). The third-order valence-electron chi connectivity index (χ3n) is 6.71. The molecule has 1 heterocycles. The van der Waals surface area contributed by atoms with Crippen LogP contribution in [-0.4, -0.2) is 42.1 Å². The molecule has 40 heavy (non-hydrogen) atoms. The zero-order chi connectivity index (χ0) is 28.8. The summed E-state index contributed by atoms with van der Waals surface area (Å²) in [5.41, 5.74) is 5.20. The first-order valence-corrected chi connectivity index (χ1v) is 13.5. The molecule has 0 spiro atoms. The second kappa shape index (κ2) is 12.8. The Labute approximate surface area is 239 Å². The molecule has 3 aromatic carbocycles. The molecule has 8 nitrogen and oxygen atoms in total. The Hall–Kier alpha value is -4.17. The number of aromatic hydroxyl groups is 1. The monoisotopic (exact) mass is 559 g/mol. The van der Waals surface area contributed by atoms with Gasteiger partial charge >= 0.3 is 0 Å². The van der Waals surface area contributed by atoms with Crippen LogP contribution in [-0.2, 0) is 17.8 Å². The molecule has 1 fully saturated rings. The first kappa shape index (κ1) is 28.8. The number of fused-ring (bicyclic) bond motifs is 1. The van der Waals surface area contributed by atoms with Crippen molar-refractivity contribution in [3.8, 4) is 11.5 Å². The molecule has 0 aromatic heterocycles. The average molecular weight is 560 g/mol. The maximum Gasteiger partial charge on any atom is 0.217 e. The maximum atomic E-state index is 10.7. The van der Waals surface area contributed by atoms with Gasteiger partial charge in [-0.2, -0.15) is 0 Å². The van der Waals surface area contributed by atoms with Crippen LogP contribution in [0.1, 0.15) is 48.9 Å². The molecule has 208 valence electrons. The van der Waals surface area contributed by atoms with E-state index in [1.165, 1.54) is 19.8 Å². The summed E-state index contributed by atoms with van der Waals surface area (Å²) in [6, 6.07) is 18.7. The zero-order valence-corrected chi connectivity index (χ0v) is 23.7. The molecule has 3 aromatic rings. The first-order chi connectivity index (χ1) is 19.2. The Kier molecular flexibility index (Phi) is 9.22. The quantitative estimate of drug-likeness (QED) is 0.220. The molecule has 0 bridgehead atoms. The van der Waals surface area contributed by atoms with Crippen molar-refractivity contribution in [3.05, 3.63) is 87.9 Å². The largest absolute Gasteiger partial charge is 0.508 e. The highest BCUT2D eigenvalue weighted by atomic mass is 35.5. The van der Waals surface area contributed by atoms with E-state index in [2.05, 4.69) is 10.3 Å². The van der Waals surface area contributed by atoms with Crippen LogP contribution in [0.4, 0.5) is 5.69 Å². The predicted molar refractivity (Wildman–Crippen MR) is 161 cm³/mol. The number of benzodiazepines with no additional fused rings is 1. The number of carbonyl (C=O) groups excluding carboxylic acids is 1. The second-order valence-corrected chi connectivity index (χ2v) is 10.4. The van der Waals surface area contributed by atoms with Crippen LogP contribution in [0.5, 0.6) is 11.5 Å². The van der Waals surface area contributed by atoms with Crippen molar-refractivity contribution in [2.45, 2.75) is 39.7 Å². The van der Waals surface area contributed by atoms with Crippen LogP contribution in [0.15, 0.2) is 65.7 Å². The van der Waals surface area contributed by atoms with E-state index in [0.29, 0.717) is 23.1 Å². The number of rotatable bonds is 6. The van der Waals surface area contributed by atoms with E-state index >= 15 is 0 Å². The number of hydrogen-bond donors (Lipinski definition) is 4. The number of phenols is 1. The number of methoxy groups -OCH3 is 1. The van der Waals surface area contributed by atoms with E-state index in [9.17, 15) is 9.90 Å². The molecular weight excluding hydrogens is 526 g/mol. The van der Waals surface area contributed by atoms with Gasteiger partial charge in [-0.25, -0.2) is 0 Å². The van der Waals surface area contributed by atoms with Gasteiger partial charge in [-0.05, 0) is 79.6 Å². The van der Waals surface area contributed by atoms with Gasteiger partial charge in [0.1, 0.15) is 23.2 Å². The molecule has 0 radical (unpaired) electrons. The number of ether oxygens (including phenoxy) is 1. The van der Waals surface area contributed by atoms with Crippen molar-refractivity contribution in [1.29, 1.82) is 10.8 Å². The van der Waals surface area contributed by atoms with Crippen LogP contribution < -0.4 is 15.0 Å². The number of amidine groups is 2. The van der Waals surface area contributed by atoms with Crippen LogP contribution in [0.2, 0.25) is 5.02 Å². The molecule has 5 rings (SSSR count). The van der Waals surface area contributed by atoms with Gasteiger partial charge in [0, 0.05) is 29.6 Å². The summed E-state index contributed by atoms with van der Waals surface area (Å²) in [6.07, 6.45) is 3.55. The summed E-state index contributed by atoms with van der Waals surface area (Å²) < 4.78 is 5.34. The molecule has 2 aliphatic rings. The maximum absolute atomic E-state index is 10.7. The lowest BCUT2D eigenvalue weighted by Gasteiger charge is -2.24. The number of carbonyl (C=O) groups is 1. The van der Waals surface area contributed by atoms with E-state index in [1.54, 1.807) is 25.0 Å². The number of benzene rings is 3. The van der Waals surface area contributed by atoms with Crippen molar-refractivity contribution >= 4 is 40.6 Å². The number of hydrogen-bond acceptors (Lipinski definition) is 6. The molecule has 9 heteroatoms. The smallest absolute Gasteiger partial charge is 0.217 e. The fourth-order valence-electron chi connectivity index (χ4n) is 4.47. The van der Waals surface area contributed by atoms with Gasteiger partial charge in [0.05, 0.1) is 25.1 Å². The number of amides is 1. The first-order valence-electron chi connectivity index (χ1n) is 13.1. The molecule has 1 amide bonds. The topological polar surface area (TPSA) is 122 Å². The number of nitrogens with one attached hydrogen (secondary N) is 3. The van der Waals surface area contributed by atoms with E-state index in [-0.39, 0.29) is 24.1 Å². The van der Waals surface area contributed by atoms with Crippen LogP contribution in [0.25, 0.3) is 0 Å². The molecule has 0 unspecified atom stereocenters. The Balaban J connectivity index is 0.000000201. The van der Waals surface area contributed by atoms with E-state index in [4.69, 9.17) is 27.2 Å². The molecule has 0 atom stereocenters. The van der Waals surface area contributed by atoms with E-state index in [1.807, 2.05) is 54.6 Å². The van der Waals surface area contributed by atoms with Gasteiger partial charge < -0.3 is 15.2 Å². The second-order valence-electron chi connectivity index (χ2n) is 9.94. The molecule has 1 saturated carbocycles. The molecular formula is C31H34ClN5O3. The Morgan fingerprint density at radius 2 is 1.85 bits per heavy atom. The van der Waals surface area contributed by atoms with Crippen LogP contribution in [0.3, 0.4) is 0 Å². The Morgan fingerprint density at radius 3 is 2.45 bits per heavy atom. The van der Waals surface area contributed by atoms with E-state index in [0.717, 1.165) is 46.0 Å². The molecule has 4 N–H and O–H groups in total. The summed E-state index contributed by atoms with van der Waals surface area (Å²) in [4.78, 5) is 17.0. The van der Waals surface area contributed by atoms with Gasteiger partial charge in [-0.1, -0.05) is 35.9 Å². The third kappa shape index (κ3) is 7.27. The zero-order valence-electron chi connectivity index (χ0n) is 22.9. The van der Waals surface area contributed by atoms with Crippen molar-refractivity contribution in [3.63, 3.8) is 0 Å². The van der Waals surface area contributed by atoms with Crippen molar-refractivity contribution in [2.75, 3.05) is 18.6 Å². The number of aliphatic imine (C=N–C) groups is 1. The SMILES string of the molecule is CC(=O)NCc1ccc(CC2CC2)c(O)c1.COc1ccc2c(c1)C(c1ccc(Cl)cc1)=NCC(=N)N2C(C)=N. The minimum absolute atomic E-state index is 0.0541. The molecule has 0 saturated heterocycles. The summed E-state index contributed by atoms with van der Waals surface area (Å²) in [5, 5.41) is 29.5. The van der Waals surface area contributed by atoms with E-state index < -0.39 is 0 Å². The van der Waals surface area contributed by atoms with Crippen LogP contribution >= 0.6 is 11.6 Å². The van der Waals surface area contributed by atoms with Gasteiger partial charge in [0.2, 0.25) is 5.91 Å². The number of phenolic OH excluding ortho intramolecular Hbond substituents is 1. The lowest BCUT2D eigenvalue weighted by Crippen LogP contribution is -2.35. The third-order valence-corrected chi connectivity index (χ3v) is 6.96. The number of nitrogens with zero attached hydrogens (tertiary/aromatic N) is 2. The lowest BCUT2D eigenvalue weighted by molar-refractivity contribution is -0.119. The van der Waals surface area contributed by atoms with Gasteiger partial charge in [0.15, 0.2) is 0 Å². The van der Waals surface area contributed by atoms with Crippen molar-refractivity contribution in [1.82, 2.24) is 5.32 Å². The van der Waals surface area contributed by atoms with Crippen LogP contribution in [0, 0.1) is 16.7 Å². The summed E-state index contributed by atoms with van der Waals surface area (Å²) in [7, 11) is 1.61. The normalized spacial score (nSPS) is 14.2. The highest BCUT2D eigenvalue weighted by Gasteiger charge is 2.25. The molecule has 1 aliphatic heterocycles. The fraction of sp³-hybridized carbons (Fsp3) is 0.290. The lowest BCUT2D eigenvalue weighted by atomic mass is 9.99. The Bertz CT molecular complexity index is 1450. The van der Waals surface area contributed by atoms with Gasteiger partial charge in [-0.3, -0.25) is 25.5 Å². The minimum atomic E-state index is -0.0541. The summed E-state index contributed by atoms with van der Waals surface area (Å²) in [5.74, 6) is 2.31.